The summed E-state index contributed by atoms with van der Waals surface area (Å²) in [6.45, 7) is 0.0174. The van der Waals surface area contributed by atoms with Crippen molar-refractivity contribution in [3.8, 4) is 0 Å². The van der Waals surface area contributed by atoms with E-state index in [9.17, 15) is 9.50 Å². The summed E-state index contributed by atoms with van der Waals surface area (Å²) in [6, 6.07) is 10.1. The van der Waals surface area contributed by atoms with Gasteiger partial charge in [-0.1, -0.05) is 17.7 Å². The van der Waals surface area contributed by atoms with Crippen molar-refractivity contribution in [1.29, 1.82) is 0 Å². The molecule has 6 heteroatoms. The Balaban J connectivity index is 1.63. The number of guanidine groups is 1. The lowest BCUT2D eigenvalue weighted by atomic mass is 10.1. The quantitative estimate of drug-likeness (QED) is 0.586. The van der Waals surface area contributed by atoms with Gasteiger partial charge in [-0.3, -0.25) is 4.99 Å². The summed E-state index contributed by atoms with van der Waals surface area (Å²) in [4.78, 5) is 4.12. The number of halogens is 2. The van der Waals surface area contributed by atoms with Crippen molar-refractivity contribution < 1.29 is 9.50 Å². The Labute approximate surface area is 145 Å². The monoisotopic (exact) mass is 347 g/mol. The first kappa shape index (κ1) is 16.7. The smallest absolute Gasteiger partial charge is 0.193 e. The van der Waals surface area contributed by atoms with Crippen molar-refractivity contribution in [3.63, 3.8) is 0 Å². The number of fused-ring (bicyclic) bond motifs is 1. The molecular formula is C18H19ClFN3O. The van der Waals surface area contributed by atoms with Gasteiger partial charge in [0.2, 0.25) is 0 Å². The third kappa shape index (κ3) is 4.04. The Morgan fingerprint density at radius 3 is 2.83 bits per heavy atom. The van der Waals surface area contributed by atoms with Crippen LogP contribution in [0.25, 0.3) is 0 Å². The minimum absolute atomic E-state index is 0.0174. The predicted molar refractivity (Wildman–Crippen MR) is 94.9 cm³/mol. The molecule has 0 fully saturated rings. The van der Waals surface area contributed by atoms with Crippen molar-refractivity contribution in [2.45, 2.75) is 25.4 Å². The fraction of sp³-hybridized carbons (Fsp3) is 0.278. The van der Waals surface area contributed by atoms with Gasteiger partial charge < -0.3 is 16.2 Å². The fourth-order valence-corrected chi connectivity index (χ4v) is 3.12. The highest BCUT2D eigenvalue weighted by Crippen LogP contribution is 2.25. The van der Waals surface area contributed by atoms with Gasteiger partial charge in [-0.2, -0.15) is 0 Å². The minimum atomic E-state index is -0.974. The fourth-order valence-electron chi connectivity index (χ4n) is 2.89. The third-order valence-corrected chi connectivity index (χ3v) is 4.29. The number of benzene rings is 2. The summed E-state index contributed by atoms with van der Waals surface area (Å²) >= 11 is 5.79. The number of anilines is 1. The molecule has 0 aliphatic heterocycles. The summed E-state index contributed by atoms with van der Waals surface area (Å²) in [5.41, 5.74) is 9.83. The maximum absolute atomic E-state index is 13.3. The molecular weight excluding hydrogens is 329 g/mol. The van der Waals surface area contributed by atoms with E-state index in [0.717, 1.165) is 18.5 Å². The van der Waals surface area contributed by atoms with Crippen molar-refractivity contribution in [3.05, 3.63) is 63.9 Å². The molecule has 1 atom stereocenters. The number of aliphatic hydroxyl groups excluding tert-OH is 1. The van der Waals surface area contributed by atoms with Gasteiger partial charge in [0.05, 0.1) is 12.6 Å². The van der Waals surface area contributed by atoms with Crippen LogP contribution in [0.5, 0.6) is 0 Å². The summed E-state index contributed by atoms with van der Waals surface area (Å²) in [5, 5.41) is 13.3. The van der Waals surface area contributed by atoms with Crippen LogP contribution in [0.2, 0.25) is 5.02 Å². The molecule has 126 valence electrons. The van der Waals surface area contributed by atoms with Crippen molar-refractivity contribution in [1.82, 2.24) is 0 Å². The molecule has 0 heterocycles. The zero-order chi connectivity index (χ0) is 17.1. The van der Waals surface area contributed by atoms with E-state index in [-0.39, 0.29) is 17.5 Å². The highest BCUT2D eigenvalue weighted by Gasteiger charge is 2.12. The van der Waals surface area contributed by atoms with E-state index in [1.165, 1.54) is 35.7 Å². The Hall–Kier alpha value is -2.11. The summed E-state index contributed by atoms with van der Waals surface area (Å²) in [6.07, 6.45) is 2.42. The number of aryl methyl sites for hydroxylation is 2. The van der Waals surface area contributed by atoms with Crippen LogP contribution in [-0.2, 0) is 12.8 Å². The molecule has 0 bridgehead atoms. The lowest BCUT2D eigenvalue weighted by Gasteiger charge is -2.11. The van der Waals surface area contributed by atoms with Gasteiger partial charge >= 0.3 is 0 Å². The first-order chi connectivity index (χ1) is 11.5. The van der Waals surface area contributed by atoms with Gasteiger partial charge in [-0.05, 0) is 66.3 Å². The highest BCUT2D eigenvalue weighted by molar-refractivity contribution is 6.30. The number of hydrogen-bond donors (Lipinski definition) is 3. The van der Waals surface area contributed by atoms with E-state index in [1.54, 1.807) is 0 Å². The Kier molecular flexibility index (Phi) is 5.02. The van der Waals surface area contributed by atoms with Gasteiger partial charge in [0.25, 0.3) is 0 Å². The van der Waals surface area contributed by atoms with Gasteiger partial charge in [0, 0.05) is 10.7 Å². The van der Waals surface area contributed by atoms with E-state index in [2.05, 4.69) is 22.4 Å². The van der Waals surface area contributed by atoms with Crippen LogP contribution >= 0.6 is 11.6 Å². The molecule has 0 saturated carbocycles. The second kappa shape index (κ2) is 7.20. The number of aliphatic hydroxyl groups is 1. The maximum atomic E-state index is 13.3. The molecule has 0 radical (unpaired) electrons. The van der Waals surface area contributed by atoms with Gasteiger partial charge in [-0.25, -0.2) is 4.39 Å². The SMILES string of the molecule is NC(=NCC(O)c1cc(F)cc(Cl)c1)Nc1ccc2c(c1)CCC2. The molecule has 2 aromatic carbocycles. The van der Waals surface area contributed by atoms with Gasteiger partial charge in [0.15, 0.2) is 5.96 Å². The number of nitrogens with zero attached hydrogens (tertiary/aromatic N) is 1. The van der Waals surface area contributed by atoms with Crippen molar-refractivity contribution in [2.75, 3.05) is 11.9 Å². The molecule has 1 unspecified atom stereocenters. The Bertz CT molecular complexity index is 759. The first-order valence-corrected chi connectivity index (χ1v) is 8.22. The maximum Gasteiger partial charge on any atom is 0.193 e. The van der Waals surface area contributed by atoms with Crippen LogP contribution in [0.15, 0.2) is 41.4 Å². The van der Waals surface area contributed by atoms with Crippen molar-refractivity contribution >= 4 is 23.2 Å². The molecule has 0 spiro atoms. The van der Waals surface area contributed by atoms with E-state index < -0.39 is 11.9 Å². The average molecular weight is 348 g/mol. The van der Waals surface area contributed by atoms with Crippen LogP contribution < -0.4 is 11.1 Å². The molecule has 1 aliphatic carbocycles. The molecule has 0 amide bonds. The number of aliphatic imine (C=N–C) groups is 1. The van der Waals surface area contributed by atoms with Crippen LogP contribution in [0.4, 0.5) is 10.1 Å². The van der Waals surface area contributed by atoms with E-state index in [0.29, 0.717) is 5.56 Å². The zero-order valence-electron chi connectivity index (χ0n) is 13.1. The number of rotatable bonds is 4. The largest absolute Gasteiger partial charge is 0.386 e. The second-order valence-corrected chi connectivity index (χ2v) is 6.34. The molecule has 0 aromatic heterocycles. The standard InChI is InChI=1S/C18H19ClFN3O/c19-14-6-13(7-15(20)9-14)17(24)10-22-18(21)23-16-5-4-11-2-1-3-12(11)8-16/h4-9,17,24H,1-3,10H2,(H3,21,22,23). The summed E-state index contributed by atoms with van der Waals surface area (Å²) < 4.78 is 13.3. The molecule has 1 aliphatic rings. The normalized spacial score (nSPS) is 15.2. The molecule has 0 saturated heterocycles. The zero-order valence-corrected chi connectivity index (χ0v) is 13.9. The third-order valence-electron chi connectivity index (χ3n) is 4.08. The number of nitrogens with two attached hydrogens (primary N) is 1. The predicted octanol–water partition coefficient (Wildman–Crippen LogP) is 3.43. The van der Waals surface area contributed by atoms with E-state index in [4.69, 9.17) is 17.3 Å². The molecule has 4 nitrogen and oxygen atoms in total. The Morgan fingerprint density at radius 1 is 1.25 bits per heavy atom. The molecule has 24 heavy (non-hydrogen) atoms. The molecule has 2 aromatic rings. The Morgan fingerprint density at radius 2 is 2.04 bits per heavy atom. The van der Waals surface area contributed by atoms with Crippen LogP contribution in [-0.4, -0.2) is 17.6 Å². The van der Waals surface area contributed by atoms with Gasteiger partial charge in [0.1, 0.15) is 5.82 Å². The minimum Gasteiger partial charge on any atom is -0.386 e. The number of nitrogens with one attached hydrogen (secondary N) is 1. The summed E-state index contributed by atoms with van der Waals surface area (Å²) in [7, 11) is 0. The molecule has 4 N–H and O–H groups in total. The summed E-state index contributed by atoms with van der Waals surface area (Å²) in [5.74, 6) is -0.292. The lowest BCUT2D eigenvalue weighted by molar-refractivity contribution is 0.187. The van der Waals surface area contributed by atoms with Crippen LogP contribution in [0.3, 0.4) is 0 Å². The second-order valence-electron chi connectivity index (χ2n) is 5.91. The topological polar surface area (TPSA) is 70.6 Å². The highest BCUT2D eigenvalue weighted by atomic mass is 35.5. The van der Waals surface area contributed by atoms with Crippen molar-refractivity contribution in [2.24, 2.45) is 10.7 Å². The van der Waals surface area contributed by atoms with E-state index in [1.807, 2.05) is 6.07 Å². The van der Waals surface area contributed by atoms with E-state index >= 15 is 0 Å². The van der Waals surface area contributed by atoms with Crippen LogP contribution in [0, 0.1) is 5.82 Å². The average Bonchev–Trinajstić information content (AvgIpc) is 2.99. The van der Waals surface area contributed by atoms with Gasteiger partial charge in [-0.15, -0.1) is 0 Å². The molecule has 3 rings (SSSR count). The number of hydrogen-bond acceptors (Lipinski definition) is 2. The first-order valence-electron chi connectivity index (χ1n) is 7.84. The lowest BCUT2D eigenvalue weighted by Crippen LogP contribution is -2.23. The van der Waals surface area contributed by atoms with Crippen LogP contribution in [0.1, 0.15) is 29.2 Å².